The third-order valence-electron chi connectivity index (χ3n) is 5.73. The fourth-order valence-corrected chi connectivity index (χ4v) is 4.74. The highest BCUT2D eigenvalue weighted by Gasteiger charge is 2.25. The average Bonchev–Trinajstić information content (AvgIpc) is 3.12. The topological polar surface area (TPSA) is 29.3 Å². The van der Waals surface area contributed by atoms with E-state index in [1.807, 2.05) is 0 Å². The molecule has 30 heavy (non-hydrogen) atoms. The van der Waals surface area contributed by atoms with Gasteiger partial charge in [-0.25, -0.2) is 4.99 Å². The summed E-state index contributed by atoms with van der Waals surface area (Å²) >= 11 is 3.63. The standard InChI is InChI=1S/C26H18BrN3/c27-18-14-15-24-21(16-18)19-10-5-7-13-23(19)30(24)26-28-22-12-6-4-11-20(22)25(29-26)17-8-2-1-3-9-17/h1-16,25H,(H,28,29). The van der Waals surface area contributed by atoms with Crippen LogP contribution in [0.25, 0.3) is 21.8 Å². The second kappa shape index (κ2) is 6.85. The maximum absolute atomic E-state index is 5.04. The Kier molecular flexibility index (Phi) is 3.99. The Morgan fingerprint density at radius 3 is 2.37 bits per heavy atom. The third kappa shape index (κ3) is 2.68. The predicted octanol–water partition coefficient (Wildman–Crippen LogP) is 6.79. The van der Waals surface area contributed by atoms with Crippen LogP contribution in [0.15, 0.2) is 107 Å². The lowest BCUT2D eigenvalue weighted by Crippen LogP contribution is -2.36. The SMILES string of the molecule is Brc1ccc2c(c1)c1ccccc1n2C1=Nc2ccccc2C(c2ccccc2)N1. The Balaban J connectivity index is 1.63. The first-order valence-corrected chi connectivity index (χ1v) is 10.8. The Hall–Kier alpha value is -3.37. The molecule has 1 aromatic heterocycles. The van der Waals surface area contributed by atoms with Crippen molar-refractivity contribution in [1.29, 1.82) is 0 Å². The molecule has 1 unspecified atom stereocenters. The highest BCUT2D eigenvalue weighted by molar-refractivity contribution is 9.10. The van der Waals surface area contributed by atoms with E-state index in [-0.39, 0.29) is 6.04 Å². The third-order valence-corrected chi connectivity index (χ3v) is 6.22. The highest BCUT2D eigenvalue weighted by atomic mass is 79.9. The van der Waals surface area contributed by atoms with Crippen molar-refractivity contribution in [3.05, 3.63) is 113 Å². The van der Waals surface area contributed by atoms with E-state index < -0.39 is 0 Å². The molecule has 1 aliphatic rings. The molecule has 1 N–H and O–H groups in total. The van der Waals surface area contributed by atoms with Gasteiger partial charge in [0, 0.05) is 20.8 Å². The number of hydrogen-bond acceptors (Lipinski definition) is 2. The number of halogens is 1. The molecular formula is C26H18BrN3. The minimum Gasteiger partial charge on any atom is -0.344 e. The van der Waals surface area contributed by atoms with Gasteiger partial charge in [-0.05, 0) is 35.9 Å². The highest BCUT2D eigenvalue weighted by Crippen LogP contribution is 2.36. The van der Waals surface area contributed by atoms with Gasteiger partial charge in [0.2, 0.25) is 5.96 Å². The van der Waals surface area contributed by atoms with E-state index in [2.05, 4.69) is 123 Å². The van der Waals surface area contributed by atoms with Crippen LogP contribution in [0.4, 0.5) is 5.69 Å². The summed E-state index contributed by atoms with van der Waals surface area (Å²) in [7, 11) is 0. The number of hydrogen-bond donors (Lipinski definition) is 1. The number of benzene rings is 4. The van der Waals surface area contributed by atoms with Gasteiger partial charge in [-0.3, -0.25) is 4.57 Å². The van der Waals surface area contributed by atoms with Crippen LogP contribution < -0.4 is 5.32 Å². The quantitative estimate of drug-likeness (QED) is 0.298. The first-order chi connectivity index (χ1) is 14.8. The predicted molar refractivity (Wildman–Crippen MR) is 127 cm³/mol. The summed E-state index contributed by atoms with van der Waals surface area (Å²) in [6.45, 7) is 0. The van der Waals surface area contributed by atoms with Crippen LogP contribution in [0.3, 0.4) is 0 Å². The van der Waals surface area contributed by atoms with Crippen LogP contribution in [0.2, 0.25) is 0 Å². The van der Waals surface area contributed by atoms with Crippen LogP contribution in [0, 0.1) is 0 Å². The minimum absolute atomic E-state index is 0.0431. The molecule has 4 heteroatoms. The zero-order valence-electron chi connectivity index (χ0n) is 16.1. The molecule has 5 aromatic rings. The van der Waals surface area contributed by atoms with Gasteiger partial charge in [-0.2, -0.15) is 0 Å². The van der Waals surface area contributed by atoms with Crippen molar-refractivity contribution < 1.29 is 0 Å². The molecule has 0 amide bonds. The van der Waals surface area contributed by atoms with Gasteiger partial charge in [0.15, 0.2) is 0 Å². The molecule has 1 aliphatic heterocycles. The van der Waals surface area contributed by atoms with Gasteiger partial charge < -0.3 is 5.32 Å². The molecule has 0 saturated carbocycles. The van der Waals surface area contributed by atoms with Crippen LogP contribution >= 0.6 is 15.9 Å². The van der Waals surface area contributed by atoms with Crippen LogP contribution in [-0.4, -0.2) is 10.5 Å². The molecule has 0 saturated heterocycles. The van der Waals surface area contributed by atoms with Crippen molar-refractivity contribution in [2.24, 2.45) is 4.99 Å². The van der Waals surface area contributed by atoms with Crippen molar-refractivity contribution >= 4 is 49.4 Å². The summed E-state index contributed by atoms with van der Waals surface area (Å²) in [4.78, 5) is 5.04. The summed E-state index contributed by atoms with van der Waals surface area (Å²) in [5.74, 6) is 0.844. The summed E-state index contributed by atoms with van der Waals surface area (Å²) < 4.78 is 3.31. The monoisotopic (exact) mass is 451 g/mol. The normalized spacial score (nSPS) is 15.6. The Labute approximate surface area is 182 Å². The Morgan fingerprint density at radius 2 is 1.47 bits per heavy atom. The van der Waals surface area contributed by atoms with Gasteiger partial charge in [-0.1, -0.05) is 82.7 Å². The zero-order valence-corrected chi connectivity index (χ0v) is 17.7. The molecule has 6 rings (SSSR count). The Morgan fingerprint density at radius 1 is 0.733 bits per heavy atom. The molecule has 0 aliphatic carbocycles. The van der Waals surface area contributed by atoms with E-state index in [9.17, 15) is 0 Å². The molecular weight excluding hydrogens is 434 g/mol. The molecule has 2 heterocycles. The van der Waals surface area contributed by atoms with Crippen molar-refractivity contribution in [3.8, 4) is 0 Å². The van der Waals surface area contributed by atoms with Crippen molar-refractivity contribution in [2.45, 2.75) is 6.04 Å². The van der Waals surface area contributed by atoms with E-state index in [4.69, 9.17) is 4.99 Å². The first-order valence-electron chi connectivity index (χ1n) is 9.98. The largest absolute Gasteiger partial charge is 0.344 e. The minimum atomic E-state index is 0.0431. The number of para-hydroxylation sites is 2. The summed E-state index contributed by atoms with van der Waals surface area (Å²) in [5, 5.41) is 6.15. The number of fused-ring (bicyclic) bond motifs is 4. The molecule has 1 atom stereocenters. The molecule has 0 radical (unpaired) electrons. The molecule has 0 bridgehead atoms. The van der Waals surface area contributed by atoms with Gasteiger partial charge in [0.05, 0.1) is 22.8 Å². The van der Waals surface area contributed by atoms with Crippen LogP contribution in [0.5, 0.6) is 0 Å². The van der Waals surface area contributed by atoms with Crippen LogP contribution in [0.1, 0.15) is 17.2 Å². The second-order valence-electron chi connectivity index (χ2n) is 7.50. The summed E-state index contributed by atoms with van der Waals surface area (Å²) in [6, 6.07) is 33.9. The van der Waals surface area contributed by atoms with Gasteiger partial charge in [0.25, 0.3) is 0 Å². The van der Waals surface area contributed by atoms with Crippen molar-refractivity contribution in [2.75, 3.05) is 0 Å². The first kappa shape index (κ1) is 17.5. The number of aliphatic imine (C=N–C) groups is 1. The second-order valence-corrected chi connectivity index (χ2v) is 8.41. The lowest BCUT2D eigenvalue weighted by Gasteiger charge is -2.28. The van der Waals surface area contributed by atoms with Gasteiger partial charge in [0.1, 0.15) is 0 Å². The maximum Gasteiger partial charge on any atom is 0.209 e. The number of aromatic nitrogens is 1. The summed E-state index contributed by atoms with van der Waals surface area (Å²) in [5.41, 5.74) is 5.69. The van der Waals surface area contributed by atoms with E-state index in [0.717, 1.165) is 27.2 Å². The lowest BCUT2D eigenvalue weighted by atomic mass is 9.96. The zero-order chi connectivity index (χ0) is 20.1. The van der Waals surface area contributed by atoms with E-state index >= 15 is 0 Å². The van der Waals surface area contributed by atoms with E-state index in [1.54, 1.807) is 0 Å². The van der Waals surface area contributed by atoms with E-state index in [0.29, 0.717) is 0 Å². The fourth-order valence-electron chi connectivity index (χ4n) is 4.38. The molecule has 144 valence electrons. The molecule has 0 spiro atoms. The smallest absolute Gasteiger partial charge is 0.209 e. The lowest BCUT2D eigenvalue weighted by molar-refractivity contribution is 0.731. The molecule has 0 fully saturated rings. The van der Waals surface area contributed by atoms with Crippen molar-refractivity contribution in [1.82, 2.24) is 9.88 Å². The molecule has 3 nitrogen and oxygen atoms in total. The number of nitrogens with zero attached hydrogens (tertiary/aromatic N) is 2. The van der Waals surface area contributed by atoms with Crippen LogP contribution in [-0.2, 0) is 0 Å². The fraction of sp³-hybridized carbons (Fsp3) is 0.0385. The Bertz CT molecular complexity index is 1430. The van der Waals surface area contributed by atoms with Crippen molar-refractivity contribution in [3.63, 3.8) is 0 Å². The van der Waals surface area contributed by atoms with Gasteiger partial charge >= 0.3 is 0 Å². The summed E-state index contributed by atoms with van der Waals surface area (Å²) in [6.07, 6.45) is 0. The molecule has 4 aromatic carbocycles. The number of nitrogens with one attached hydrogen (secondary N) is 1. The average molecular weight is 452 g/mol. The van der Waals surface area contributed by atoms with Gasteiger partial charge in [-0.15, -0.1) is 0 Å². The van der Waals surface area contributed by atoms with E-state index in [1.165, 1.54) is 21.9 Å². The maximum atomic E-state index is 5.04. The number of rotatable bonds is 1.